The van der Waals surface area contributed by atoms with Crippen LogP contribution in [0.5, 0.6) is 5.75 Å². The molecule has 3 fully saturated rings. The number of carbonyl (C=O) groups excluding carboxylic acids is 1. The number of hydrogen-bond donors (Lipinski definition) is 1. The molecule has 4 rings (SSSR count). The summed E-state index contributed by atoms with van der Waals surface area (Å²) < 4.78 is 43.3. The van der Waals surface area contributed by atoms with Gasteiger partial charge in [-0.2, -0.15) is 0 Å². The van der Waals surface area contributed by atoms with Gasteiger partial charge >= 0.3 is 6.03 Å². The Labute approximate surface area is 159 Å². The second-order valence-corrected chi connectivity index (χ2v) is 10.4. The van der Waals surface area contributed by atoms with Crippen LogP contribution in [-0.4, -0.2) is 50.6 Å². The van der Waals surface area contributed by atoms with E-state index in [0.717, 1.165) is 25.7 Å². The second-order valence-electron chi connectivity index (χ2n) is 8.19. The lowest BCUT2D eigenvalue weighted by Crippen LogP contribution is -2.48. The van der Waals surface area contributed by atoms with Crippen molar-refractivity contribution in [3.05, 3.63) is 24.0 Å². The number of urea groups is 1. The molecule has 3 aliphatic rings. The van der Waals surface area contributed by atoms with Gasteiger partial charge in [0.1, 0.15) is 11.6 Å². The third-order valence-corrected chi connectivity index (χ3v) is 7.65. The summed E-state index contributed by atoms with van der Waals surface area (Å²) in [5.41, 5.74) is -0.0129. The molecule has 1 spiro atoms. The number of amides is 2. The van der Waals surface area contributed by atoms with E-state index in [1.54, 1.807) is 4.90 Å². The number of nitrogens with zero attached hydrogens (tertiary/aromatic N) is 1. The highest BCUT2D eigenvalue weighted by molar-refractivity contribution is 7.91. The summed E-state index contributed by atoms with van der Waals surface area (Å²) in [6, 6.07) is 3.78. The predicted octanol–water partition coefficient (Wildman–Crippen LogP) is 3.05. The predicted molar refractivity (Wildman–Crippen MR) is 100 cm³/mol. The maximum absolute atomic E-state index is 13.7. The van der Waals surface area contributed by atoms with E-state index in [2.05, 4.69) is 5.32 Å². The molecule has 0 aromatic heterocycles. The van der Waals surface area contributed by atoms with Crippen molar-refractivity contribution >= 4 is 21.6 Å². The van der Waals surface area contributed by atoms with E-state index in [0.29, 0.717) is 43.5 Å². The molecule has 1 aromatic rings. The van der Waals surface area contributed by atoms with Crippen molar-refractivity contribution in [2.24, 2.45) is 11.3 Å². The molecule has 0 radical (unpaired) electrons. The number of ether oxygens (including phenoxy) is 1. The minimum Gasteiger partial charge on any atom is -0.491 e. The molecule has 1 aliphatic carbocycles. The van der Waals surface area contributed by atoms with Crippen LogP contribution >= 0.6 is 0 Å². The van der Waals surface area contributed by atoms with Crippen LogP contribution in [0.25, 0.3) is 0 Å². The Kier molecular flexibility index (Phi) is 4.78. The van der Waals surface area contributed by atoms with E-state index < -0.39 is 15.7 Å². The largest absolute Gasteiger partial charge is 0.491 e. The third kappa shape index (κ3) is 4.36. The number of carbonyl (C=O) groups is 1. The molecular formula is C19H25FN2O4S. The number of likely N-dealkylation sites (tertiary alicyclic amines) is 1. The highest BCUT2D eigenvalue weighted by Gasteiger charge is 2.45. The molecule has 2 heterocycles. The van der Waals surface area contributed by atoms with Gasteiger partial charge in [-0.05, 0) is 50.2 Å². The molecule has 2 saturated heterocycles. The Morgan fingerprint density at radius 3 is 2.85 bits per heavy atom. The van der Waals surface area contributed by atoms with Crippen LogP contribution in [0.4, 0.5) is 14.9 Å². The van der Waals surface area contributed by atoms with Gasteiger partial charge in [-0.1, -0.05) is 0 Å². The lowest BCUT2D eigenvalue weighted by molar-refractivity contribution is 0.129. The van der Waals surface area contributed by atoms with Crippen molar-refractivity contribution in [1.29, 1.82) is 0 Å². The van der Waals surface area contributed by atoms with E-state index in [-0.39, 0.29) is 23.0 Å². The van der Waals surface area contributed by atoms with Crippen LogP contribution in [0.15, 0.2) is 18.2 Å². The number of sulfone groups is 1. The summed E-state index contributed by atoms with van der Waals surface area (Å²) in [6.07, 6.45) is 4.49. The fraction of sp³-hybridized carbons (Fsp3) is 0.632. The third-order valence-electron chi connectivity index (χ3n) is 5.77. The first-order valence-corrected chi connectivity index (χ1v) is 11.4. The van der Waals surface area contributed by atoms with Crippen LogP contribution in [0.2, 0.25) is 0 Å². The van der Waals surface area contributed by atoms with Crippen LogP contribution in [0.3, 0.4) is 0 Å². The van der Waals surface area contributed by atoms with E-state index >= 15 is 0 Å². The number of hydrogen-bond acceptors (Lipinski definition) is 4. The summed E-state index contributed by atoms with van der Waals surface area (Å²) in [5, 5.41) is 2.76. The maximum atomic E-state index is 13.7. The molecule has 27 heavy (non-hydrogen) atoms. The number of anilines is 1. The molecular weight excluding hydrogens is 371 g/mol. The molecule has 1 atom stereocenters. The molecule has 1 N–H and O–H groups in total. The first kappa shape index (κ1) is 18.5. The number of nitrogens with one attached hydrogen (secondary N) is 1. The van der Waals surface area contributed by atoms with Gasteiger partial charge in [0.05, 0.1) is 23.8 Å². The van der Waals surface area contributed by atoms with Gasteiger partial charge in [-0.15, -0.1) is 0 Å². The van der Waals surface area contributed by atoms with Gasteiger partial charge < -0.3 is 15.0 Å². The molecule has 8 heteroatoms. The zero-order chi connectivity index (χ0) is 19.1. The Balaban J connectivity index is 1.44. The van der Waals surface area contributed by atoms with E-state index in [9.17, 15) is 17.6 Å². The summed E-state index contributed by atoms with van der Waals surface area (Å²) in [6.45, 7) is 1.56. The Morgan fingerprint density at radius 2 is 2.15 bits per heavy atom. The minimum atomic E-state index is -3.01. The Hall–Kier alpha value is -1.83. The quantitative estimate of drug-likeness (QED) is 0.849. The van der Waals surface area contributed by atoms with Gasteiger partial charge in [0.2, 0.25) is 0 Å². The fourth-order valence-electron chi connectivity index (χ4n) is 4.10. The van der Waals surface area contributed by atoms with Crippen molar-refractivity contribution in [2.75, 3.05) is 36.5 Å². The topological polar surface area (TPSA) is 75.7 Å². The zero-order valence-electron chi connectivity index (χ0n) is 15.2. The Bertz CT molecular complexity index is 840. The zero-order valence-corrected chi connectivity index (χ0v) is 16.1. The van der Waals surface area contributed by atoms with E-state index in [1.807, 2.05) is 0 Å². The van der Waals surface area contributed by atoms with Gasteiger partial charge in [-0.25, -0.2) is 17.6 Å². The highest BCUT2D eigenvalue weighted by atomic mass is 32.2. The second kappa shape index (κ2) is 6.96. The van der Waals surface area contributed by atoms with Crippen LogP contribution in [-0.2, 0) is 9.84 Å². The van der Waals surface area contributed by atoms with Crippen molar-refractivity contribution in [2.45, 2.75) is 32.1 Å². The minimum absolute atomic E-state index is 0.152. The lowest BCUT2D eigenvalue weighted by atomic mass is 9.80. The van der Waals surface area contributed by atoms with E-state index in [4.69, 9.17) is 4.74 Å². The SMILES string of the molecule is O=C(Nc1cc(F)ccc1OCC1CC1)N1CCCC2(CCS(=O)(=O)C2)C1. The van der Waals surface area contributed by atoms with Gasteiger partial charge in [0.15, 0.2) is 9.84 Å². The smallest absolute Gasteiger partial charge is 0.321 e. The van der Waals surface area contributed by atoms with Crippen molar-refractivity contribution in [3.8, 4) is 5.75 Å². The Morgan fingerprint density at radius 1 is 1.33 bits per heavy atom. The molecule has 1 saturated carbocycles. The van der Waals surface area contributed by atoms with Gasteiger partial charge in [-0.3, -0.25) is 0 Å². The first-order valence-electron chi connectivity index (χ1n) is 9.53. The van der Waals surface area contributed by atoms with Gasteiger partial charge in [0.25, 0.3) is 0 Å². The summed E-state index contributed by atoms with van der Waals surface area (Å²) >= 11 is 0. The summed E-state index contributed by atoms with van der Waals surface area (Å²) in [4.78, 5) is 14.4. The normalized spacial score (nSPS) is 26.9. The molecule has 1 unspecified atom stereocenters. The lowest BCUT2D eigenvalue weighted by Gasteiger charge is -2.39. The first-order chi connectivity index (χ1) is 12.8. The van der Waals surface area contributed by atoms with Crippen LogP contribution in [0, 0.1) is 17.2 Å². The molecule has 0 bridgehead atoms. The highest BCUT2D eigenvalue weighted by Crippen LogP contribution is 2.40. The molecule has 2 amide bonds. The van der Waals surface area contributed by atoms with Gasteiger partial charge in [0, 0.05) is 24.6 Å². The monoisotopic (exact) mass is 396 g/mol. The average molecular weight is 396 g/mol. The van der Waals surface area contributed by atoms with Crippen molar-refractivity contribution in [3.63, 3.8) is 0 Å². The maximum Gasteiger partial charge on any atom is 0.321 e. The van der Waals surface area contributed by atoms with E-state index in [1.165, 1.54) is 18.2 Å². The number of piperidine rings is 1. The summed E-state index contributed by atoms with van der Waals surface area (Å²) in [7, 11) is -3.01. The number of rotatable bonds is 4. The van der Waals surface area contributed by atoms with Crippen molar-refractivity contribution in [1.82, 2.24) is 4.90 Å². The van der Waals surface area contributed by atoms with Crippen LogP contribution in [0.1, 0.15) is 32.1 Å². The summed E-state index contributed by atoms with van der Waals surface area (Å²) in [5.74, 6) is 0.920. The standard InChI is InChI=1S/C19H25FN2O4S/c20-15-4-5-17(26-11-14-2-3-14)16(10-15)21-18(23)22-8-1-6-19(12-22)7-9-27(24,25)13-19/h4-5,10,14H,1-3,6-9,11-13H2,(H,21,23). The molecule has 6 nitrogen and oxygen atoms in total. The average Bonchev–Trinajstić information content (AvgIpc) is 3.39. The van der Waals surface area contributed by atoms with Crippen LogP contribution < -0.4 is 10.1 Å². The number of halogens is 1. The number of benzene rings is 1. The fourth-order valence-corrected chi connectivity index (χ4v) is 6.30. The van der Waals surface area contributed by atoms with Crippen molar-refractivity contribution < 1.29 is 22.3 Å². The molecule has 148 valence electrons. The molecule has 1 aromatic carbocycles. The molecule has 2 aliphatic heterocycles.